The summed E-state index contributed by atoms with van der Waals surface area (Å²) in [7, 11) is 0.813. The summed E-state index contributed by atoms with van der Waals surface area (Å²) in [6.07, 6.45) is 0.669. The molecule has 2 N–H and O–H groups in total. The minimum Gasteiger partial charge on any atom is -0.491 e. The van der Waals surface area contributed by atoms with E-state index >= 15 is 0 Å². The number of amides is 1. The van der Waals surface area contributed by atoms with Gasteiger partial charge >= 0.3 is 5.97 Å². The fraction of sp³-hybridized carbons (Fsp3) is 0.211. The van der Waals surface area contributed by atoms with Crippen molar-refractivity contribution in [3.05, 3.63) is 58.7 Å². The zero-order valence-corrected chi connectivity index (χ0v) is 16.6. The van der Waals surface area contributed by atoms with E-state index in [4.69, 9.17) is 17.0 Å². The number of methoxy groups -OCH3 is 1. The fourth-order valence-corrected chi connectivity index (χ4v) is 2.50. The van der Waals surface area contributed by atoms with Gasteiger partial charge in [0.1, 0.15) is 5.56 Å². The number of halogens is 4. The SMILES string of the molecule is CCCOC(=O)c1ccc(NC(=S)NC(=O)c2c(F)c(F)c(OC)c(F)c2F)cc1. The first-order valence-corrected chi connectivity index (χ1v) is 8.91. The van der Waals surface area contributed by atoms with E-state index in [2.05, 4.69) is 10.1 Å². The Hall–Kier alpha value is -3.21. The number of esters is 1. The smallest absolute Gasteiger partial charge is 0.338 e. The van der Waals surface area contributed by atoms with E-state index in [9.17, 15) is 27.2 Å². The number of nitrogens with one attached hydrogen (secondary N) is 2. The summed E-state index contributed by atoms with van der Waals surface area (Å²) >= 11 is 4.86. The highest BCUT2D eigenvalue weighted by Crippen LogP contribution is 2.29. The summed E-state index contributed by atoms with van der Waals surface area (Å²) in [5, 5.41) is 4.05. The molecule has 0 aliphatic carbocycles. The van der Waals surface area contributed by atoms with Crippen LogP contribution in [0.1, 0.15) is 34.1 Å². The van der Waals surface area contributed by atoms with Crippen molar-refractivity contribution in [2.75, 3.05) is 19.0 Å². The Bertz CT molecular complexity index is 954. The van der Waals surface area contributed by atoms with Crippen LogP contribution in [0.2, 0.25) is 0 Å². The van der Waals surface area contributed by atoms with Crippen LogP contribution in [0.3, 0.4) is 0 Å². The molecule has 30 heavy (non-hydrogen) atoms. The average molecular weight is 444 g/mol. The molecule has 0 unspecified atom stereocenters. The minimum atomic E-state index is -1.93. The number of hydrogen-bond donors (Lipinski definition) is 2. The van der Waals surface area contributed by atoms with Gasteiger partial charge in [-0.15, -0.1) is 0 Å². The number of thiocarbonyl (C=S) groups is 1. The summed E-state index contributed by atoms with van der Waals surface area (Å²) in [5.74, 6) is -10.9. The highest BCUT2D eigenvalue weighted by molar-refractivity contribution is 7.80. The predicted octanol–water partition coefficient (Wildman–Crippen LogP) is 3.95. The molecule has 0 aromatic heterocycles. The quantitative estimate of drug-likeness (QED) is 0.304. The fourth-order valence-electron chi connectivity index (χ4n) is 2.29. The van der Waals surface area contributed by atoms with Crippen LogP contribution in [0.5, 0.6) is 5.75 Å². The van der Waals surface area contributed by atoms with E-state index in [0.29, 0.717) is 12.1 Å². The van der Waals surface area contributed by atoms with Gasteiger partial charge in [0, 0.05) is 5.69 Å². The minimum absolute atomic E-state index is 0.272. The maximum atomic E-state index is 14.0. The molecule has 0 saturated heterocycles. The lowest BCUT2D eigenvalue weighted by Crippen LogP contribution is -2.35. The van der Waals surface area contributed by atoms with Crippen molar-refractivity contribution in [1.29, 1.82) is 0 Å². The van der Waals surface area contributed by atoms with E-state index in [1.54, 1.807) is 0 Å². The second-order valence-corrected chi connectivity index (χ2v) is 6.19. The second-order valence-electron chi connectivity index (χ2n) is 5.79. The number of rotatable bonds is 6. The lowest BCUT2D eigenvalue weighted by molar-refractivity contribution is 0.0505. The number of carbonyl (C=O) groups excluding carboxylic acids is 2. The Morgan fingerprint density at radius 3 is 2.07 bits per heavy atom. The molecule has 0 aliphatic heterocycles. The zero-order chi connectivity index (χ0) is 22.4. The molecular weight excluding hydrogens is 428 g/mol. The molecule has 0 bridgehead atoms. The lowest BCUT2D eigenvalue weighted by atomic mass is 10.1. The Morgan fingerprint density at radius 2 is 1.57 bits per heavy atom. The number of benzene rings is 2. The standard InChI is InChI=1S/C19H16F4N2O4S/c1-3-8-29-18(27)9-4-6-10(7-5-9)24-19(30)25-17(26)11-12(20)14(22)16(28-2)15(23)13(11)21/h4-7H,3,8H2,1-2H3,(H2,24,25,26,30). The van der Waals surface area contributed by atoms with E-state index < -0.39 is 51.6 Å². The van der Waals surface area contributed by atoms with Crippen LogP contribution in [0.25, 0.3) is 0 Å². The molecule has 0 aliphatic rings. The second kappa shape index (κ2) is 10.0. The summed E-state index contributed by atoms with van der Waals surface area (Å²) in [6, 6.07) is 5.74. The van der Waals surface area contributed by atoms with Gasteiger partial charge in [-0.25, -0.2) is 13.6 Å². The first-order chi connectivity index (χ1) is 14.2. The third-order valence-corrected chi connectivity index (χ3v) is 3.90. The Kier molecular flexibility index (Phi) is 7.70. The highest BCUT2D eigenvalue weighted by atomic mass is 32.1. The summed E-state index contributed by atoms with van der Waals surface area (Å²) in [6.45, 7) is 2.12. The molecule has 2 aromatic carbocycles. The Balaban J connectivity index is 2.10. The van der Waals surface area contributed by atoms with Gasteiger partial charge in [-0.05, 0) is 42.9 Å². The zero-order valence-electron chi connectivity index (χ0n) is 15.8. The van der Waals surface area contributed by atoms with Crippen molar-refractivity contribution in [2.24, 2.45) is 0 Å². The number of anilines is 1. The monoisotopic (exact) mass is 444 g/mol. The van der Waals surface area contributed by atoms with Crippen molar-refractivity contribution >= 4 is 34.9 Å². The molecule has 0 heterocycles. The summed E-state index contributed by atoms with van der Waals surface area (Å²) < 4.78 is 64.7. The number of carbonyl (C=O) groups is 2. The average Bonchev–Trinajstić information content (AvgIpc) is 2.71. The maximum absolute atomic E-state index is 14.0. The molecule has 11 heteroatoms. The Labute approximate surface area is 174 Å². The van der Waals surface area contributed by atoms with E-state index in [0.717, 1.165) is 7.11 Å². The molecule has 0 radical (unpaired) electrons. The molecule has 2 aromatic rings. The third-order valence-electron chi connectivity index (χ3n) is 3.70. The van der Waals surface area contributed by atoms with Crippen LogP contribution in [0, 0.1) is 23.3 Å². The predicted molar refractivity (Wildman–Crippen MR) is 104 cm³/mol. The molecule has 2 rings (SSSR count). The number of ether oxygens (including phenoxy) is 2. The summed E-state index contributed by atoms with van der Waals surface area (Å²) in [5.41, 5.74) is -0.901. The van der Waals surface area contributed by atoms with E-state index in [1.165, 1.54) is 24.3 Å². The Morgan fingerprint density at radius 1 is 1.00 bits per heavy atom. The van der Waals surface area contributed by atoms with Gasteiger partial charge in [-0.1, -0.05) is 6.92 Å². The van der Waals surface area contributed by atoms with Gasteiger partial charge in [0.05, 0.1) is 19.3 Å². The molecule has 1 amide bonds. The van der Waals surface area contributed by atoms with Crippen LogP contribution in [0.15, 0.2) is 24.3 Å². The van der Waals surface area contributed by atoms with Crippen LogP contribution in [-0.2, 0) is 4.74 Å². The first-order valence-electron chi connectivity index (χ1n) is 8.50. The van der Waals surface area contributed by atoms with Crippen LogP contribution in [0.4, 0.5) is 23.2 Å². The van der Waals surface area contributed by atoms with E-state index in [-0.39, 0.29) is 12.2 Å². The van der Waals surface area contributed by atoms with E-state index in [1.807, 2.05) is 12.2 Å². The largest absolute Gasteiger partial charge is 0.491 e. The molecule has 0 fully saturated rings. The number of hydrogen-bond acceptors (Lipinski definition) is 5. The van der Waals surface area contributed by atoms with Gasteiger partial charge in [0.2, 0.25) is 11.6 Å². The third kappa shape index (κ3) is 5.03. The highest BCUT2D eigenvalue weighted by Gasteiger charge is 2.30. The van der Waals surface area contributed by atoms with Crippen LogP contribution in [-0.4, -0.2) is 30.7 Å². The van der Waals surface area contributed by atoms with Crippen molar-refractivity contribution in [1.82, 2.24) is 5.32 Å². The van der Waals surface area contributed by atoms with Crippen molar-refractivity contribution in [2.45, 2.75) is 13.3 Å². The summed E-state index contributed by atoms with van der Waals surface area (Å²) in [4.78, 5) is 23.8. The van der Waals surface area contributed by atoms with Gasteiger partial charge in [-0.3, -0.25) is 10.1 Å². The first kappa shape index (κ1) is 23.1. The molecule has 0 spiro atoms. The van der Waals surface area contributed by atoms with Crippen LogP contribution < -0.4 is 15.4 Å². The van der Waals surface area contributed by atoms with Gasteiger partial charge in [0.15, 0.2) is 22.5 Å². The van der Waals surface area contributed by atoms with Gasteiger partial charge in [0.25, 0.3) is 5.91 Å². The maximum Gasteiger partial charge on any atom is 0.338 e. The normalized spacial score (nSPS) is 10.3. The van der Waals surface area contributed by atoms with Crippen molar-refractivity contribution in [3.8, 4) is 5.75 Å². The van der Waals surface area contributed by atoms with Crippen molar-refractivity contribution < 1.29 is 36.6 Å². The topological polar surface area (TPSA) is 76.7 Å². The molecule has 0 saturated carbocycles. The molecule has 6 nitrogen and oxygen atoms in total. The lowest BCUT2D eigenvalue weighted by Gasteiger charge is -2.13. The molecule has 0 atom stereocenters. The van der Waals surface area contributed by atoms with Crippen molar-refractivity contribution in [3.63, 3.8) is 0 Å². The molecular formula is C19H16F4N2O4S. The van der Waals surface area contributed by atoms with Gasteiger partial charge < -0.3 is 14.8 Å². The van der Waals surface area contributed by atoms with Crippen LogP contribution >= 0.6 is 12.2 Å². The van der Waals surface area contributed by atoms with Gasteiger partial charge in [-0.2, -0.15) is 8.78 Å². The molecule has 160 valence electrons.